The third kappa shape index (κ3) is 3.86. The molecule has 9 rings (SSSR count). The number of hydrogen-bond donors (Lipinski definition) is 0. The molecule has 0 atom stereocenters. The van der Waals surface area contributed by atoms with Crippen molar-refractivity contribution in [2.75, 3.05) is 0 Å². The van der Waals surface area contributed by atoms with Crippen molar-refractivity contribution in [2.45, 2.75) is 25.2 Å². The molecule has 0 saturated heterocycles. The Morgan fingerprint density at radius 2 is 1.07 bits per heavy atom. The molecule has 0 heterocycles. The zero-order valence-electron chi connectivity index (χ0n) is 24.4. The van der Waals surface area contributed by atoms with E-state index in [1.54, 1.807) is 12.1 Å². The zero-order chi connectivity index (χ0) is 30.3. The van der Waals surface area contributed by atoms with Gasteiger partial charge in [-0.1, -0.05) is 115 Å². The van der Waals surface area contributed by atoms with Crippen LogP contribution in [0.15, 0.2) is 127 Å². The summed E-state index contributed by atoms with van der Waals surface area (Å²) in [7, 11) is 0. The summed E-state index contributed by atoms with van der Waals surface area (Å²) in [4.78, 5) is 0. The molecule has 1 aliphatic carbocycles. The monoisotopic (exact) mass is 588 g/mol. The van der Waals surface area contributed by atoms with Crippen LogP contribution in [0, 0.1) is 5.82 Å². The van der Waals surface area contributed by atoms with E-state index < -0.39 is 17.3 Å². The molecule has 216 valence electrons. The maximum absolute atomic E-state index is 16.4. The highest BCUT2D eigenvalue weighted by atomic mass is 19.3. The minimum Gasteiger partial charge on any atom is -0.206 e. The summed E-state index contributed by atoms with van der Waals surface area (Å²) in [6.45, 7) is 0. The van der Waals surface area contributed by atoms with Gasteiger partial charge in [0.25, 0.3) is 5.92 Å². The Morgan fingerprint density at radius 3 is 1.76 bits per heavy atom. The summed E-state index contributed by atoms with van der Waals surface area (Å²) in [5.74, 6) is -3.99. The second-order valence-electron chi connectivity index (χ2n) is 12.2. The molecule has 3 heteroatoms. The smallest absolute Gasteiger partial charge is 0.206 e. The third-order valence-electron chi connectivity index (χ3n) is 9.74. The molecule has 0 amide bonds. The second kappa shape index (κ2) is 9.67. The van der Waals surface area contributed by atoms with E-state index in [0.29, 0.717) is 24.0 Å². The number of alkyl halides is 2. The van der Waals surface area contributed by atoms with E-state index in [-0.39, 0.29) is 12.0 Å². The molecule has 0 spiro atoms. The Labute approximate surface area is 258 Å². The van der Waals surface area contributed by atoms with Crippen molar-refractivity contribution in [3.8, 4) is 22.3 Å². The molecule has 0 saturated carbocycles. The largest absolute Gasteiger partial charge is 0.276 e. The molecule has 0 unspecified atom stereocenters. The fourth-order valence-electron chi connectivity index (χ4n) is 7.75. The molecule has 1 aliphatic rings. The van der Waals surface area contributed by atoms with Crippen LogP contribution >= 0.6 is 0 Å². The maximum Gasteiger partial charge on any atom is 0.276 e. The molecule has 0 bridgehead atoms. The molecule has 45 heavy (non-hydrogen) atoms. The van der Waals surface area contributed by atoms with E-state index in [4.69, 9.17) is 0 Å². The predicted molar refractivity (Wildman–Crippen MR) is 182 cm³/mol. The highest BCUT2D eigenvalue weighted by molar-refractivity contribution is 6.25. The Balaban J connectivity index is 1.38. The molecule has 0 fully saturated rings. The Kier molecular flexibility index (Phi) is 5.65. The van der Waals surface area contributed by atoms with E-state index in [2.05, 4.69) is 78.9 Å². The van der Waals surface area contributed by atoms with Crippen molar-refractivity contribution >= 4 is 53.9 Å². The first-order chi connectivity index (χ1) is 22.0. The van der Waals surface area contributed by atoms with E-state index in [9.17, 15) is 0 Å². The number of halogens is 3. The van der Waals surface area contributed by atoms with Gasteiger partial charge in [0.15, 0.2) is 0 Å². The van der Waals surface area contributed by atoms with Gasteiger partial charge in [-0.3, -0.25) is 0 Å². The normalized spacial score (nSPS) is 14.5. The molecule has 8 aromatic carbocycles. The summed E-state index contributed by atoms with van der Waals surface area (Å²) in [5.41, 5.74) is 3.00. The lowest BCUT2D eigenvalue weighted by Gasteiger charge is -2.27. The lowest BCUT2D eigenvalue weighted by Crippen LogP contribution is -2.23. The van der Waals surface area contributed by atoms with E-state index >= 15 is 13.2 Å². The maximum atomic E-state index is 16.4. The summed E-state index contributed by atoms with van der Waals surface area (Å²) in [6.07, 6.45) is 0.496. The van der Waals surface area contributed by atoms with Gasteiger partial charge in [-0.05, 0) is 95.5 Å². The van der Waals surface area contributed by atoms with Gasteiger partial charge in [-0.15, -0.1) is 0 Å². The van der Waals surface area contributed by atoms with Crippen LogP contribution in [0.25, 0.3) is 76.1 Å². The molecular weight excluding hydrogens is 561 g/mol. The van der Waals surface area contributed by atoms with Gasteiger partial charge in [-0.25, -0.2) is 13.2 Å². The molecule has 0 nitrogen and oxygen atoms in total. The van der Waals surface area contributed by atoms with Gasteiger partial charge in [0.2, 0.25) is 0 Å². The number of hydrogen-bond acceptors (Lipinski definition) is 0. The fourth-order valence-corrected chi connectivity index (χ4v) is 7.75. The van der Waals surface area contributed by atoms with Gasteiger partial charge in [0.1, 0.15) is 5.82 Å². The number of rotatable bonds is 2. The van der Waals surface area contributed by atoms with Crippen molar-refractivity contribution in [1.82, 2.24) is 0 Å². The lowest BCUT2D eigenvalue weighted by atomic mass is 9.81. The average molecular weight is 589 g/mol. The highest BCUT2D eigenvalue weighted by Crippen LogP contribution is 2.49. The van der Waals surface area contributed by atoms with Crippen LogP contribution < -0.4 is 0 Å². The number of benzene rings is 8. The van der Waals surface area contributed by atoms with Gasteiger partial charge in [0.05, 0.1) is 5.56 Å². The molecule has 0 N–H and O–H groups in total. The summed E-state index contributed by atoms with van der Waals surface area (Å²) in [5, 5.41) is 10.7. The van der Waals surface area contributed by atoms with Crippen molar-refractivity contribution in [3.05, 3.63) is 144 Å². The van der Waals surface area contributed by atoms with Gasteiger partial charge in [-0.2, -0.15) is 0 Å². The average Bonchev–Trinajstić information content (AvgIpc) is 3.06. The molecule has 8 aromatic rings. The lowest BCUT2D eigenvalue weighted by molar-refractivity contribution is -0.0250. The highest BCUT2D eigenvalue weighted by Gasteiger charge is 2.40. The summed E-state index contributed by atoms with van der Waals surface area (Å²) in [6, 6.07) is 43.2. The Bertz CT molecular complexity index is 2450. The standard InChI is InChI=1S/C42H27F3/c43-41-36(21-18-25-11-8-22-42(44,45)40(25)41)39-34-14-5-3-12-32(34)38(33-13-4-6-15-35(33)39)31-17-7-16-29-30(31)20-19-28-23-26-9-1-2-10-27(26)24-37(28)29/h1-7,9-10,12-21,23-24H,8,11,22H2. The van der Waals surface area contributed by atoms with E-state index in [0.717, 1.165) is 43.4 Å². The summed E-state index contributed by atoms with van der Waals surface area (Å²) >= 11 is 0. The van der Waals surface area contributed by atoms with Gasteiger partial charge in [0, 0.05) is 17.5 Å². The number of fused-ring (bicyclic) bond motifs is 7. The van der Waals surface area contributed by atoms with Crippen LogP contribution in [-0.2, 0) is 12.3 Å². The zero-order valence-corrected chi connectivity index (χ0v) is 24.4. The fraction of sp³-hybridized carbons (Fsp3) is 0.0952. The van der Waals surface area contributed by atoms with Crippen LogP contribution in [0.2, 0.25) is 0 Å². The first-order valence-electron chi connectivity index (χ1n) is 15.5. The minimum absolute atomic E-state index is 0.227. The van der Waals surface area contributed by atoms with Crippen molar-refractivity contribution in [1.29, 1.82) is 0 Å². The predicted octanol–water partition coefficient (Wildman–Crippen LogP) is 12.4. The quantitative estimate of drug-likeness (QED) is 0.139. The topological polar surface area (TPSA) is 0 Å². The molecule has 0 aliphatic heterocycles. The van der Waals surface area contributed by atoms with Crippen LogP contribution in [0.5, 0.6) is 0 Å². The van der Waals surface area contributed by atoms with Gasteiger partial charge >= 0.3 is 0 Å². The van der Waals surface area contributed by atoms with Crippen LogP contribution in [0.1, 0.15) is 24.0 Å². The molecule has 0 aromatic heterocycles. The van der Waals surface area contributed by atoms with Crippen molar-refractivity contribution in [3.63, 3.8) is 0 Å². The Morgan fingerprint density at radius 1 is 0.467 bits per heavy atom. The third-order valence-corrected chi connectivity index (χ3v) is 9.74. The van der Waals surface area contributed by atoms with Crippen LogP contribution in [0.3, 0.4) is 0 Å². The van der Waals surface area contributed by atoms with Gasteiger partial charge < -0.3 is 0 Å². The number of aryl methyl sites for hydroxylation is 1. The van der Waals surface area contributed by atoms with Crippen molar-refractivity contribution < 1.29 is 13.2 Å². The first kappa shape index (κ1) is 26.3. The van der Waals surface area contributed by atoms with Crippen molar-refractivity contribution in [2.24, 2.45) is 0 Å². The first-order valence-corrected chi connectivity index (χ1v) is 15.5. The summed E-state index contributed by atoms with van der Waals surface area (Å²) < 4.78 is 46.7. The van der Waals surface area contributed by atoms with E-state index in [1.165, 1.54) is 21.5 Å². The minimum atomic E-state index is -3.18. The van der Waals surface area contributed by atoms with E-state index in [1.807, 2.05) is 36.4 Å². The Hall–Kier alpha value is -5.15. The van der Waals surface area contributed by atoms with Crippen LogP contribution in [-0.4, -0.2) is 0 Å². The molecular formula is C42H27F3. The molecule has 0 radical (unpaired) electrons. The van der Waals surface area contributed by atoms with Crippen LogP contribution in [0.4, 0.5) is 13.2 Å². The second-order valence-corrected chi connectivity index (χ2v) is 12.2. The SMILES string of the molecule is Fc1c(-c2c3ccccc3c(-c3cccc4c3ccc3cc5ccccc5cc34)c3ccccc23)ccc2c1C(F)(F)CCC2.